The summed E-state index contributed by atoms with van der Waals surface area (Å²) in [7, 11) is 1.62. The minimum atomic E-state index is -0.804. The molecule has 0 aromatic heterocycles. The lowest BCUT2D eigenvalue weighted by Crippen LogP contribution is -2.44. The number of hydrogen-bond donors (Lipinski definition) is 2. The molecule has 8 nitrogen and oxygen atoms in total. The third kappa shape index (κ3) is 4.91. The first-order valence-corrected chi connectivity index (χ1v) is 9.27. The van der Waals surface area contributed by atoms with Gasteiger partial charge >= 0.3 is 0 Å². The third-order valence-electron chi connectivity index (χ3n) is 4.64. The molecule has 0 bridgehead atoms. The SMILES string of the molecule is COc1ccc2cc(CNC(=O)C(C)NC(=O)c3cccc([N+](=O)[O-])c3)ccc2c1. The van der Waals surface area contributed by atoms with Gasteiger partial charge in [0, 0.05) is 24.2 Å². The number of hydrogen-bond acceptors (Lipinski definition) is 5. The molecule has 3 aromatic carbocycles. The molecule has 30 heavy (non-hydrogen) atoms. The number of ether oxygens (including phenoxy) is 1. The highest BCUT2D eigenvalue weighted by atomic mass is 16.6. The van der Waals surface area contributed by atoms with Crippen LogP contribution >= 0.6 is 0 Å². The number of nitrogens with one attached hydrogen (secondary N) is 2. The minimum Gasteiger partial charge on any atom is -0.497 e. The second-order valence-electron chi connectivity index (χ2n) is 6.77. The molecule has 2 N–H and O–H groups in total. The molecular weight excluding hydrogens is 386 g/mol. The molecule has 3 rings (SSSR count). The van der Waals surface area contributed by atoms with Gasteiger partial charge in [-0.05, 0) is 47.5 Å². The highest BCUT2D eigenvalue weighted by molar-refractivity contribution is 5.97. The summed E-state index contributed by atoms with van der Waals surface area (Å²) in [5.41, 5.74) is 0.848. The van der Waals surface area contributed by atoms with Crippen molar-refractivity contribution in [2.45, 2.75) is 19.5 Å². The summed E-state index contributed by atoms with van der Waals surface area (Å²) in [6.45, 7) is 1.86. The van der Waals surface area contributed by atoms with Gasteiger partial charge < -0.3 is 15.4 Å². The molecular formula is C22H21N3O5. The average molecular weight is 407 g/mol. The lowest BCUT2D eigenvalue weighted by Gasteiger charge is -2.14. The maximum absolute atomic E-state index is 12.4. The summed E-state index contributed by atoms with van der Waals surface area (Å²) in [5, 5.41) is 18.2. The fraction of sp³-hybridized carbons (Fsp3) is 0.182. The highest BCUT2D eigenvalue weighted by Gasteiger charge is 2.18. The van der Waals surface area contributed by atoms with Crippen LogP contribution in [0.5, 0.6) is 5.75 Å². The standard InChI is InChI=1S/C22H21N3O5/c1-14(24-22(27)18-4-3-5-19(11-18)25(28)29)21(26)23-13-15-6-7-17-12-20(30-2)9-8-16(17)10-15/h3-12,14H,13H2,1-2H3,(H,23,26)(H,24,27). The monoisotopic (exact) mass is 407 g/mol. The van der Waals surface area contributed by atoms with Crippen LogP contribution in [-0.4, -0.2) is 29.9 Å². The zero-order chi connectivity index (χ0) is 21.7. The van der Waals surface area contributed by atoms with Crippen molar-refractivity contribution in [3.05, 3.63) is 81.9 Å². The first kappa shape index (κ1) is 20.8. The van der Waals surface area contributed by atoms with Gasteiger partial charge in [-0.3, -0.25) is 19.7 Å². The molecule has 8 heteroatoms. The van der Waals surface area contributed by atoms with Crippen LogP contribution in [0.2, 0.25) is 0 Å². The molecule has 0 aliphatic heterocycles. The van der Waals surface area contributed by atoms with Crippen molar-refractivity contribution in [1.29, 1.82) is 0 Å². The van der Waals surface area contributed by atoms with Crippen LogP contribution in [-0.2, 0) is 11.3 Å². The van der Waals surface area contributed by atoms with Gasteiger partial charge in [-0.25, -0.2) is 0 Å². The van der Waals surface area contributed by atoms with Gasteiger partial charge in [0.15, 0.2) is 0 Å². The fourth-order valence-electron chi connectivity index (χ4n) is 2.96. The number of nitro groups is 1. The predicted molar refractivity (Wildman–Crippen MR) is 112 cm³/mol. The van der Waals surface area contributed by atoms with Crippen LogP contribution in [0.4, 0.5) is 5.69 Å². The van der Waals surface area contributed by atoms with Crippen molar-refractivity contribution in [3.63, 3.8) is 0 Å². The van der Waals surface area contributed by atoms with Crippen LogP contribution in [0, 0.1) is 10.1 Å². The molecule has 0 aliphatic carbocycles. The molecule has 0 saturated carbocycles. The van der Waals surface area contributed by atoms with E-state index in [1.54, 1.807) is 14.0 Å². The number of carbonyl (C=O) groups is 2. The summed E-state index contributed by atoms with van der Waals surface area (Å²) >= 11 is 0. The Balaban J connectivity index is 1.59. The molecule has 0 saturated heterocycles. The average Bonchev–Trinajstić information content (AvgIpc) is 2.76. The van der Waals surface area contributed by atoms with Crippen LogP contribution in [0.25, 0.3) is 10.8 Å². The Morgan fingerprint density at radius 3 is 2.53 bits per heavy atom. The van der Waals surface area contributed by atoms with Gasteiger partial charge in [0.1, 0.15) is 11.8 Å². The highest BCUT2D eigenvalue weighted by Crippen LogP contribution is 2.21. The molecule has 0 heterocycles. The number of fused-ring (bicyclic) bond motifs is 1. The van der Waals surface area contributed by atoms with Crippen molar-refractivity contribution in [1.82, 2.24) is 10.6 Å². The van der Waals surface area contributed by atoms with Crippen molar-refractivity contribution < 1.29 is 19.2 Å². The fourth-order valence-corrected chi connectivity index (χ4v) is 2.96. The van der Waals surface area contributed by atoms with Gasteiger partial charge in [0.2, 0.25) is 5.91 Å². The van der Waals surface area contributed by atoms with E-state index >= 15 is 0 Å². The first-order valence-electron chi connectivity index (χ1n) is 9.27. The quantitative estimate of drug-likeness (QED) is 0.462. The molecule has 0 spiro atoms. The number of nitrogens with zero attached hydrogens (tertiary/aromatic N) is 1. The second kappa shape index (κ2) is 9.04. The van der Waals surface area contributed by atoms with E-state index in [4.69, 9.17) is 4.74 Å². The van der Waals surface area contributed by atoms with Gasteiger partial charge in [-0.1, -0.05) is 24.3 Å². The molecule has 2 amide bonds. The Kier molecular flexibility index (Phi) is 6.26. The number of methoxy groups -OCH3 is 1. The van der Waals surface area contributed by atoms with E-state index in [1.165, 1.54) is 24.3 Å². The molecule has 154 valence electrons. The number of nitro benzene ring substituents is 1. The molecule has 0 fully saturated rings. The molecule has 0 radical (unpaired) electrons. The Bertz CT molecular complexity index is 1110. The maximum Gasteiger partial charge on any atom is 0.270 e. The van der Waals surface area contributed by atoms with E-state index in [2.05, 4.69) is 10.6 Å². The molecule has 1 atom stereocenters. The van der Waals surface area contributed by atoms with Gasteiger partial charge in [-0.2, -0.15) is 0 Å². The van der Waals surface area contributed by atoms with Gasteiger partial charge in [-0.15, -0.1) is 0 Å². The van der Waals surface area contributed by atoms with Crippen molar-refractivity contribution in [3.8, 4) is 5.75 Å². The summed E-state index contributed by atoms with van der Waals surface area (Å²) in [6.07, 6.45) is 0. The van der Waals surface area contributed by atoms with Crippen LogP contribution in [0.3, 0.4) is 0 Å². The second-order valence-corrected chi connectivity index (χ2v) is 6.77. The van der Waals surface area contributed by atoms with E-state index in [9.17, 15) is 19.7 Å². The third-order valence-corrected chi connectivity index (χ3v) is 4.64. The lowest BCUT2D eigenvalue weighted by atomic mass is 10.1. The summed E-state index contributed by atoms with van der Waals surface area (Å²) in [5.74, 6) is -0.138. The maximum atomic E-state index is 12.4. The van der Waals surface area contributed by atoms with Crippen LogP contribution in [0.1, 0.15) is 22.8 Å². The normalized spacial score (nSPS) is 11.5. The number of amides is 2. The van der Waals surface area contributed by atoms with Crippen molar-refractivity contribution in [2.24, 2.45) is 0 Å². The molecule has 3 aromatic rings. The minimum absolute atomic E-state index is 0.119. The topological polar surface area (TPSA) is 111 Å². The zero-order valence-electron chi connectivity index (χ0n) is 16.5. The van der Waals surface area contributed by atoms with Crippen molar-refractivity contribution in [2.75, 3.05) is 7.11 Å². The molecule has 1 unspecified atom stereocenters. The number of non-ortho nitro benzene ring substituents is 1. The van der Waals surface area contributed by atoms with E-state index in [0.29, 0.717) is 6.54 Å². The van der Waals surface area contributed by atoms with Gasteiger partial charge in [0.25, 0.3) is 11.6 Å². The number of rotatable bonds is 7. The van der Waals surface area contributed by atoms with Crippen LogP contribution < -0.4 is 15.4 Å². The van der Waals surface area contributed by atoms with E-state index in [0.717, 1.165) is 22.1 Å². The van der Waals surface area contributed by atoms with Crippen LogP contribution in [0.15, 0.2) is 60.7 Å². The Morgan fingerprint density at radius 1 is 1.07 bits per heavy atom. The van der Waals surface area contributed by atoms with E-state index in [1.807, 2.05) is 36.4 Å². The smallest absolute Gasteiger partial charge is 0.270 e. The first-order chi connectivity index (χ1) is 14.4. The molecule has 0 aliphatic rings. The van der Waals surface area contributed by atoms with E-state index < -0.39 is 16.9 Å². The zero-order valence-corrected chi connectivity index (χ0v) is 16.5. The van der Waals surface area contributed by atoms with Gasteiger partial charge in [0.05, 0.1) is 12.0 Å². The number of benzene rings is 3. The van der Waals surface area contributed by atoms with Crippen molar-refractivity contribution >= 4 is 28.3 Å². The largest absolute Gasteiger partial charge is 0.497 e. The summed E-state index contributed by atoms with van der Waals surface area (Å²) < 4.78 is 5.21. The predicted octanol–water partition coefficient (Wildman–Crippen LogP) is 3.19. The Hall–Kier alpha value is -3.94. The lowest BCUT2D eigenvalue weighted by molar-refractivity contribution is -0.384. The summed E-state index contributed by atoms with van der Waals surface area (Å²) in [4.78, 5) is 34.9. The number of carbonyl (C=O) groups excluding carboxylic acids is 2. The Morgan fingerprint density at radius 2 is 1.80 bits per heavy atom. The summed E-state index contributed by atoms with van der Waals surface area (Å²) in [6, 6.07) is 16.1. The Labute approximate surface area is 173 Å². The van der Waals surface area contributed by atoms with E-state index in [-0.39, 0.29) is 17.2 Å².